The Hall–Kier alpha value is -5.74. The van der Waals surface area contributed by atoms with Crippen LogP contribution < -0.4 is 24.4 Å². The summed E-state index contributed by atoms with van der Waals surface area (Å²) in [5, 5.41) is 15.9. The van der Waals surface area contributed by atoms with Gasteiger partial charge in [-0.3, -0.25) is 19.8 Å². The summed E-state index contributed by atoms with van der Waals surface area (Å²) in [4.78, 5) is 37.4. The maximum Gasteiger partial charge on any atom is 0.297 e. The Morgan fingerprint density at radius 2 is 1.80 bits per heavy atom. The van der Waals surface area contributed by atoms with Crippen LogP contribution in [0.3, 0.4) is 0 Å². The van der Waals surface area contributed by atoms with Crippen LogP contribution in [0.4, 0.5) is 21.5 Å². The van der Waals surface area contributed by atoms with Crippen molar-refractivity contribution in [2.45, 2.75) is 114 Å². The molecule has 16 heteroatoms. The van der Waals surface area contributed by atoms with E-state index >= 15 is 0 Å². The van der Waals surface area contributed by atoms with E-state index in [1.54, 1.807) is 12.1 Å². The number of nitro groups is 1. The molecule has 2 saturated heterocycles. The number of fused-ring (bicyclic) bond motifs is 2. The largest absolute Gasteiger partial charge is 0.489 e. The van der Waals surface area contributed by atoms with Crippen molar-refractivity contribution in [1.29, 1.82) is 0 Å². The van der Waals surface area contributed by atoms with E-state index in [2.05, 4.69) is 74.8 Å². The third-order valence-electron chi connectivity index (χ3n) is 15.3. The number of hydrogen-bond acceptors (Lipinski definition) is 11. The normalized spacial score (nSPS) is 23.3. The number of carbonyl (C=O) groups is 1. The molecule has 5 aliphatic rings. The number of halogens is 1. The number of ether oxygens (including phenoxy) is 2. The summed E-state index contributed by atoms with van der Waals surface area (Å²) >= 11 is 0. The Labute approximate surface area is 384 Å². The quantitative estimate of drug-likeness (QED) is 0.0850. The number of carbonyl (C=O) groups excluding carboxylic acids is 1. The summed E-state index contributed by atoms with van der Waals surface area (Å²) in [6.45, 7) is 9.72. The Balaban J connectivity index is 0.865. The van der Waals surface area contributed by atoms with Crippen LogP contribution in [-0.2, 0) is 10.0 Å². The number of likely N-dealkylation sites (tertiary alicyclic amines) is 1. The highest BCUT2D eigenvalue weighted by atomic mass is 32.2. The van der Waals surface area contributed by atoms with Crippen molar-refractivity contribution in [2.24, 2.45) is 17.3 Å². The fourth-order valence-electron chi connectivity index (χ4n) is 11.6. The molecule has 3 aliphatic heterocycles. The minimum absolute atomic E-state index is 0.0269. The number of amides is 1. The Kier molecular flexibility index (Phi) is 11.7. The number of nitrogens with zero attached hydrogens (tertiary/aromatic N) is 4. The summed E-state index contributed by atoms with van der Waals surface area (Å²) in [5.41, 5.74) is 3.86. The summed E-state index contributed by atoms with van der Waals surface area (Å²) in [6, 6.07) is 18.4. The van der Waals surface area contributed by atoms with Gasteiger partial charge < -0.3 is 24.7 Å². The highest BCUT2D eigenvalue weighted by Crippen LogP contribution is 2.54. The summed E-state index contributed by atoms with van der Waals surface area (Å²) in [5.74, 6) is 0.0386. The smallest absolute Gasteiger partial charge is 0.297 e. The second kappa shape index (κ2) is 17.5. The number of sulfonamides is 1. The molecule has 348 valence electrons. The van der Waals surface area contributed by atoms with Crippen molar-refractivity contribution < 1.29 is 32.0 Å². The molecule has 2 saturated carbocycles. The first-order chi connectivity index (χ1) is 31.7. The third-order valence-corrected chi connectivity index (χ3v) is 16.6. The Morgan fingerprint density at radius 3 is 2.56 bits per heavy atom. The first-order valence-corrected chi connectivity index (χ1v) is 25.1. The van der Waals surface area contributed by atoms with Crippen LogP contribution >= 0.6 is 0 Å². The summed E-state index contributed by atoms with van der Waals surface area (Å²) in [6.07, 6.45) is 13.4. The Morgan fingerprint density at radius 1 is 1.03 bits per heavy atom. The van der Waals surface area contributed by atoms with E-state index in [0.717, 1.165) is 69.9 Å². The van der Waals surface area contributed by atoms with Crippen LogP contribution in [0.1, 0.15) is 118 Å². The number of nitro benzene ring substituents is 1. The fourth-order valence-corrected chi connectivity index (χ4v) is 12.6. The van der Waals surface area contributed by atoms with Gasteiger partial charge >= 0.3 is 0 Å². The third kappa shape index (κ3) is 8.46. The molecule has 0 bridgehead atoms. The van der Waals surface area contributed by atoms with E-state index in [-0.39, 0.29) is 57.9 Å². The number of pyridine rings is 1. The lowest BCUT2D eigenvalue weighted by Crippen LogP contribution is -2.54. The van der Waals surface area contributed by atoms with Gasteiger partial charge in [0.2, 0.25) is 0 Å². The maximum absolute atomic E-state index is 14.7. The number of rotatable bonds is 11. The number of anilines is 2. The second-order valence-electron chi connectivity index (χ2n) is 19.8. The molecule has 3 aromatic carbocycles. The molecule has 4 fully saturated rings. The van der Waals surface area contributed by atoms with Gasteiger partial charge in [0.15, 0.2) is 11.4 Å². The molecule has 1 amide bonds. The zero-order chi connectivity index (χ0) is 45.9. The first kappa shape index (κ1) is 44.1. The lowest BCUT2D eigenvalue weighted by atomic mass is 9.59. The van der Waals surface area contributed by atoms with Crippen LogP contribution in [-0.4, -0.2) is 72.4 Å². The van der Waals surface area contributed by atoms with E-state index < -0.39 is 37.3 Å². The molecule has 1 spiro atoms. The highest BCUT2D eigenvalue weighted by Gasteiger charge is 2.50. The molecule has 66 heavy (non-hydrogen) atoms. The predicted molar refractivity (Wildman–Crippen MR) is 250 cm³/mol. The van der Waals surface area contributed by atoms with Crippen LogP contribution in [0.5, 0.6) is 17.2 Å². The van der Waals surface area contributed by atoms with Crippen LogP contribution in [0.15, 0.2) is 78.0 Å². The molecule has 2 aliphatic carbocycles. The van der Waals surface area contributed by atoms with Crippen LogP contribution in [0.2, 0.25) is 0 Å². The SMILES string of the molecule is CC(C)c1ccccc1[C@@H]1CCCN1C1CC2(CCN(c3ccc(C(=O)NS(=O)(=O)c4cc5c(c([N+](=O)[O-])c4)N[C@@H]([C@H]4CC[C@H](C)CC4)CO5)c(Oc4cnc5[nH]cc(F)c5c4)c3)CC2)C1. The van der Waals surface area contributed by atoms with Crippen molar-refractivity contribution in [3.8, 4) is 17.2 Å². The number of H-pyrrole nitrogens is 1. The van der Waals surface area contributed by atoms with E-state index in [4.69, 9.17) is 9.47 Å². The number of benzene rings is 3. The summed E-state index contributed by atoms with van der Waals surface area (Å²) < 4.78 is 57.0. The molecule has 0 unspecified atom stereocenters. The monoisotopic (exact) mass is 919 g/mol. The number of piperidine rings is 1. The fraction of sp³-hybridized carbons (Fsp3) is 0.480. The van der Waals surface area contributed by atoms with Gasteiger partial charge in [0, 0.05) is 55.3 Å². The van der Waals surface area contributed by atoms with E-state index in [1.807, 2.05) is 0 Å². The van der Waals surface area contributed by atoms with Gasteiger partial charge in [0.25, 0.3) is 21.6 Å². The number of aromatic nitrogens is 2. The van der Waals surface area contributed by atoms with E-state index in [0.29, 0.717) is 29.6 Å². The molecule has 10 rings (SSSR count). The average molecular weight is 920 g/mol. The van der Waals surface area contributed by atoms with Gasteiger partial charge in [-0.1, -0.05) is 57.9 Å². The van der Waals surface area contributed by atoms with E-state index in [9.17, 15) is 27.7 Å². The van der Waals surface area contributed by atoms with Crippen LogP contribution in [0.25, 0.3) is 11.0 Å². The second-order valence-corrected chi connectivity index (χ2v) is 21.5. The zero-order valence-corrected chi connectivity index (χ0v) is 38.5. The van der Waals surface area contributed by atoms with Gasteiger partial charge in [-0.2, -0.15) is 0 Å². The van der Waals surface area contributed by atoms with Gasteiger partial charge in [0.1, 0.15) is 29.6 Å². The molecule has 2 aromatic heterocycles. The highest BCUT2D eigenvalue weighted by molar-refractivity contribution is 7.90. The van der Waals surface area contributed by atoms with Gasteiger partial charge in [0.05, 0.1) is 33.0 Å². The molecule has 5 aromatic rings. The molecular formula is C50H58FN7O7S. The van der Waals surface area contributed by atoms with Gasteiger partial charge in [-0.15, -0.1) is 0 Å². The van der Waals surface area contributed by atoms with Crippen molar-refractivity contribution >= 4 is 44.0 Å². The van der Waals surface area contributed by atoms with Gasteiger partial charge in [-0.05, 0) is 110 Å². The topological polar surface area (TPSA) is 172 Å². The molecule has 3 N–H and O–H groups in total. The van der Waals surface area contributed by atoms with Crippen molar-refractivity contribution in [3.05, 3.63) is 106 Å². The number of hydrogen-bond donors (Lipinski definition) is 3. The standard InChI is InChI=1S/C50H58FN7O7S/c1-30(2)37-7-4-5-8-38(37)43-9-6-18-57(43)34-25-50(26-34)16-19-56(20-17-50)33-14-15-39(45(21-33)65-35-22-40-41(51)28-53-48(40)52-27-35)49(59)55-66(62,63)36-23-44(58(60)61)47-46(24-36)64-29-42(54-47)32-12-10-31(3)11-13-32/h4-5,7-8,14-15,21-24,27-28,30-32,34,42-43,54H,6,9-13,16-20,25-26,29H2,1-3H3,(H,52,53)(H,55,59)/t31-,32-,42-,43+/m1/s1. The minimum atomic E-state index is -4.68. The number of nitrogens with one attached hydrogen (secondary N) is 3. The van der Waals surface area contributed by atoms with E-state index in [1.165, 1.54) is 67.4 Å². The van der Waals surface area contributed by atoms with Crippen LogP contribution in [0, 0.1) is 33.2 Å². The predicted octanol–water partition coefficient (Wildman–Crippen LogP) is 10.2. The molecule has 2 atom stereocenters. The number of aromatic amines is 1. The minimum Gasteiger partial charge on any atom is -0.489 e. The zero-order valence-electron chi connectivity index (χ0n) is 37.7. The lowest BCUT2D eigenvalue weighted by Gasteiger charge is -2.56. The van der Waals surface area contributed by atoms with Crippen molar-refractivity contribution in [1.82, 2.24) is 19.6 Å². The average Bonchev–Trinajstić information content (AvgIpc) is 3.94. The molecule has 14 nitrogen and oxygen atoms in total. The molecule has 0 radical (unpaired) electrons. The Bertz CT molecular complexity index is 2770. The molecular weight excluding hydrogens is 862 g/mol. The maximum atomic E-state index is 14.7. The van der Waals surface area contributed by atoms with Gasteiger partial charge in [-0.25, -0.2) is 22.5 Å². The first-order valence-electron chi connectivity index (χ1n) is 23.6. The summed E-state index contributed by atoms with van der Waals surface area (Å²) in [7, 11) is -4.68. The van der Waals surface area contributed by atoms with Crippen molar-refractivity contribution in [2.75, 3.05) is 36.5 Å². The van der Waals surface area contributed by atoms with Crippen molar-refractivity contribution in [3.63, 3.8) is 0 Å². The lowest BCUT2D eigenvalue weighted by molar-refractivity contribution is -0.384. The molecule has 5 heterocycles.